The van der Waals surface area contributed by atoms with E-state index in [0.717, 1.165) is 29.4 Å². The summed E-state index contributed by atoms with van der Waals surface area (Å²) in [5.41, 5.74) is 7.24. The summed E-state index contributed by atoms with van der Waals surface area (Å²) in [6, 6.07) is 7.75. The van der Waals surface area contributed by atoms with E-state index in [4.69, 9.17) is 14.7 Å². The van der Waals surface area contributed by atoms with E-state index in [0.29, 0.717) is 11.7 Å². The van der Waals surface area contributed by atoms with Crippen LogP contribution in [0, 0.1) is 0 Å². The minimum absolute atomic E-state index is 0.458. The van der Waals surface area contributed by atoms with Crippen molar-refractivity contribution in [3.8, 4) is 11.4 Å². The zero-order valence-electron chi connectivity index (χ0n) is 11.6. The first-order valence-electron chi connectivity index (χ1n) is 6.71. The fraction of sp³-hybridized carbons (Fsp3) is 0.333. The molecule has 0 aliphatic carbocycles. The number of hydrogen-bond donors (Lipinski definition) is 1. The summed E-state index contributed by atoms with van der Waals surface area (Å²) in [4.78, 5) is 4.43. The molecule has 20 heavy (non-hydrogen) atoms. The molecule has 0 bridgehead atoms. The number of para-hydroxylation sites is 1. The average molecular weight is 271 g/mol. The molecule has 0 radical (unpaired) electrons. The van der Waals surface area contributed by atoms with Crippen LogP contribution in [0.4, 0.5) is 0 Å². The van der Waals surface area contributed by atoms with E-state index in [2.05, 4.69) is 17.1 Å². The van der Waals surface area contributed by atoms with Crippen molar-refractivity contribution < 1.29 is 8.94 Å². The molecule has 3 rings (SSSR count). The molecule has 2 N–H and O–H groups in total. The highest BCUT2D eigenvalue weighted by atomic mass is 16.5. The zero-order valence-corrected chi connectivity index (χ0v) is 11.6. The van der Waals surface area contributed by atoms with Crippen molar-refractivity contribution in [2.75, 3.05) is 0 Å². The second-order valence-electron chi connectivity index (χ2n) is 5.24. The Morgan fingerprint density at radius 3 is 2.90 bits per heavy atom. The molecule has 0 spiro atoms. The summed E-state index contributed by atoms with van der Waals surface area (Å²) in [5.74, 6) is 0.970. The van der Waals surface area contributed by atoms with Gasteiger partial charge in [-0.1, -0.05) is 36.7 Å². The van der Waals surface area contributed by atoms with E-state index in [1.165, 1.54) is 0 Å². The van der Waals surface area contributed by atoms with Gasteiger partial charge < -0.3 is 14.7 Å². The van der Waals surface area contributed by atoms with Crippen molar-refractivity contribution in [1.29, 1.82) is 0 Å². The number of rotatable bonds is 4. The van der Waals surface area contributed by atoms with Gasteiger partial charge >= 0.3 is 0 Å². The smallest absolute Gasteiger partial charge is 0.246 e. The third-order valence-electron chi connectivity index (χ3n) is 3.41. The minimum atomic E-state index is -0.598. The molecule has 5 nitrogen and oxygen atoms in total. The quantitative estimate of drug-likeness (QED) is 0.786. The number of furan rings is 1. The number of nitrogens with two attached hydrogens (primary N) is 1. The largest absolute Gasteiger partial charge is 0.464 e. The molecule has 2 aromatic heterocycles. The fourth-order valence-corrected chi connectivity index (χ4v) is 2.34. The molecule has 1 unspecified atom stereocenters. The summed E-state index contributed by atoms with van der Waals surface area (Å²) in [5, 5.41) is 5.00. The lowest BCUT2D eigenvalue weighted by Crippen LogP contribution is -2.33. The maximum Gasteiger partial charge on any atom is 0.246 e. The summed E-state index contributed by atoms with van der Waals surface area (Å²) >= 11 is 0. The van der Waals surface area contributed by atoms with E-state index in [-0.39, 0.29) is 0 Å². The number of benzene rings is 1. The van der Waals surface area contributed by atoms with Crippen LogP contribution < -0.4 is 5.73 Å². The third-order valence-corrected chi connectivity index (χ3v) is 3.41. The van der Waals surface area contributed by atoms with Gasteiger partial charge in [-0.3, -0.25) is 0 Å². The Morgan fingerprint density at radius 1 is 1.30 bits per heavy atom. The summed E-state index contributed by atoms with van der Waals surface area (Å²) < 4.78 is 10.8. The van der Waals surface area contributed by atoms with Crippen LogP contribution in [0.3, 0.4) is 0 Å². The first-order valence-corrected chi connectivity index (χ1v) is 6.71. The lowest BCUT2D eigenvalue weighted by atomic mass is 9.98. The highest BCUT2D eigenvalue weighted by molar-refractivity contribution is 5.91. The van der Waals surface area contributed by atoms with Crippen LogP contribution in [0.2, 0.25) is 0 Å². The second kappa shape index (κ2) is 4.76. The SMILES string of the molecule is CCCC(C)(N)c1nc(-c2coc3ccccc23)no1. The Kier molecular flexibility index (Phi) is 3.06. The number of fused-ring (bicyclic) bond motifs is 1. The number of aromatic nitrogens is 2. The van der Waals surface area contributed by atoms with Gasteiger partial charge in [0.2, 0.25) is 11.7 Å². The normalized spacial score (nSPS) is 14.6. The summed E-state index contributed by atoms with van der Waals surface area (Å²) in [7, 11) is 0. The topological polar surface area (TPSA) is 78.1 Å². The summed E-state index contributed by atoms with van der Waals surface area (Å²) in [6.07, 6.45) is 3.40. The van der Waals surface area contributed by atoms with Gasteiger partial charge in [-0.25, -0.2) is 0 Å². The first kappa shape index (κ1) is 12.9. The van der Waals surface area contributed by atoms with E-state index in [1.807, 2.05) is 31.2 Å². The van der Waals surface area contributed by atoms with Gasteiger partial charge in [-0.15, -0.1) is 0 Å². The van der Waals surface area contributed by atoms with Crippen LogP contribution in [0.15, 0.2) is 39.5 Å². The number of nitrogens with zero attached hydrogens (tertiary/aromatic N) is 2. The Morgan fingerprint density at radius 2 is 2.10 bits per heavy atom. The molecular weight excluding hydrogens is 254 g/mol. The molecule has 5 heteroatoms. The van der Waals surface area contributed by atoms with Crippen LogP contribution in [-0.4, -0.2) is 10.1 Å². The van der Waals surface area contributed by atoms with Crippen molar-refractivity contribution in [3.05, 3.63) is 36.4 Å². The molecule has 104 valence electrons. The van der Waals surface area contributed by atoms with Crippen LogP contribution >= 0.6 is 0 Å². The van der Waals surface area contributed by atoms with Gasteiger partial charge in [0.15, 0.2) is 0 Å². The maximum absolute atomic E-state index is 6.21. The predicted molar refractivity (Wildman–Crippen MR) is 76.0 cm³/mol. The lowest BCUT2D eigenvalue weighted by Gasteiger charge is -2.18. The molecule has 0 saturated heterocycles. The number of hydrogen-bond acceptors (Lipinski definition) is 5. The van der Waals surface area contributed by atoms with Crippen molar-refractivity contribution in [2.45, 2.75) is 32.2 Å². The van der Waals surface area contributed by atoms with Crippen molar-refractivity contribution >= 4 is 11.0 Å². The molecule has 0 fully saturated rings. The van der Waals surface area contributed by atoms with Crippen molar-refractivity contribution in [3.63, 3.8) is 0 Å². The molecule has 0 saturated carbocycles. The predicted octanol–water partition coefficient (Wildman–Crippen LogP) is 3.46. The van der Waals surface area contributed by atoms with Gasteiger partial charge in [-0.2, -0.15) is 4.98 Å². The Balaban J connectivity index is 2.02. The second-order valence-corrected chi connectivity index (χ2v) is 5.24. The van der Waals surface area contributed by atoms with Crippen LogP contribution in [0.1, 0.15) is 32.6 Å². The van der Waals surface area contributed by atoms with Gasteiger partial charge in [0.1, 0.15) is 11.8 Å². The van der Waals surface area contributed by atoms with Gasteiger partial charge in [-0.05, 0) is 19.4 Å². The molecule has 2 heterocycles. The minimum Gasteiger partial charge on any atom is -0.464 e. The molecule has 1 aromatic carbocycles. The van der Waals surface area contributed by atoms with Crippen molar-refractivity contribution in [2.24, 2.45) is 5.73 Å². The molecule has 0 aliphatic heterocycles. The van der Waals surface area contributed by atoms with Gasteiger partial charge in [0.05, 0.1) is 11.1 Å². The third kappa shape index (κ3) is 2.10. The maximum atomic E-state index is 6.21. The standard InChI is InChI=1S/C15H17N3O2/c1-3-8-15(2,16)14-17-13(18-20-14)11-9-19-12-7-5-4-6-10(11)12/h4-7,9H,3,8,16H2,1-2H3. The zero-order chi connectivity index (χ0) is 14.2. The average Bonchev–Trinajstić information content (AvgIpc) is 3.05. The van der Waals surface area contributed by atoms with E-state index in [1.54, 1.807) is 6.26 Å². The Labute approximate surface area is 116 Å². The lowest BCUT2D eigenvalue weighted by molar-refractivity contribution is 0.284. The van der Waals surface area contributed by atoms with E-state index < -0.39 is 5.54 Å². The van der Waals surface area contributed by atoms with Crippen molar-refractivity contribution in [1.82, 2.24) is 10.1 Å². The fourth-order valence-electron chi connectivity index (χ4n) is 2.34. The Hall–Kier alpha value is -2.14. The molecule has 1 atom stereocenters. The molecule has 3 aromatic rings. The highest BCUT2D eigenvalue weighted by Crippen LogP contribution is 2.30. The van der Waals surface area contributed by atoms with Crippen LogP contribution in [0.25, 0.3) is 22.4 Å². The van der Waals surface area contributed by atoms with Crippen LogP contribution in [0.5, 0.6) is 0 Å². The highest BCUT2D eigenvalue weighted by Gasteiger charge is 2.28. The molecular formula is C15H17N3O2. The van der Waals surface area contributed by atoms with Crippen LogP contribution in [-0.2, 0) is 5.54 Å². The van der Waals surface area contributed by atoms with Gasteiger partial charge in [0, 0.05) is 5.39 Å². The van der Waals surface area contributed by atoms with E-state index >= 15 is 0 Å². The first-order chi connectivity index (χ1) is 9.62. The summed E-state index contributed by atoms with van der Waals surface area (Å²) in [6.45, 7) is 3.98. The Bertz CT molecular complexity index is 727. The van der Waals surface area contributed by atoms with Gasteiger partial charge in [0.25, 0.3) is 0 Å². The molecule has 0 aliphatic rings. The van der Waals surface area contributed by atoms with E-state index in [9.17, 15) is 0 Å². The molecule has 0 amide bonds. The monoisotopic (exact) mass is 271 g/mol.